The van der Waals surface area contributed by atoms with Crippen LogP contribution in [-0.2, 0) is 9.53 Å². The predicted octanol–water partition coefficient (Wildman–Crippen LogP) is 4.94. The SMILES string of the molecule is CCCCC(CC)CC(=O)C(OCC)c1ccccc1. The first kappa shape index (κ1) is 16.9. The Morgan fingerprint density at radius 3 is 2.40 bits per heavy atom. The Morgan fingerprint density at radius 2 is 1.85 bits per heavy atom. The second kappa shape index (κ2) is 9.71. The van der Waals surface area contributed by atoms with Crippen molar-refractivity contribution in [3.63, 3.8) is 0 Å². The molecule has 0 amide bonds. The van der Waals surface area contributed by atoms with E-state index in [1.807, 2.05) is 37.3 Å². The fourth-order valence-electron chi connectivity index (χ4n) is 2.50. The maximum absolute atomic E-state index is 12.5. The molecule has 1 rings (SSSR count). The van der Waals surface area contributed by atoms with E-state index in [0.29, 0.717) is 18.9 Å². The number of ketones is 1. The third-order valence-electron chi connectivity index (χ3n) is 3.76. The first-order chi connectivity index (χ1) is 9.72. The van der Waals surface area contributed by atoms with Gasteiger partial charge in [-0.1, -0.05) is 69.9 Å². The molecule has 112 valence electrons. The van der Waals surface area contributed by atoms with Gasteiger partial charge in [0.1, 0.15) is 6.10 Å². The highest BCUT2D eigenvalue weighted by molar-refractivity contribution is 5.84. The molecule has 0 radical (unpaired) electrons. The van der Waals surface area contributed by atoms with Crippen LogP contribution in [0, 0.1) is 5.92 Å². The average Bonchev–Trinajstić information content (AvgIpc) is 2.49. The molecule has 2 heteroatoms. The van der Waals surface area contributed by atoms with Crippen molar-refractivity contribution in [2.45, 2.75) is 59.0 Å². The van der Waals surface area contributed by atoms with Crippen LogP contribution >= 0.6 is 0 Å². The summed E-state index contributed by atoms with van der Waals surface area (Å²) in [5.41, 5.74) is 0.977. The molecule has 0 bridgehead atoms. The molecule has 0 spiro atoms. The topological polar surface area (TPSA) is 26.3 Å². The molecule has 1 aromatic rings. The van der Waals surface area contributed by atoms with E-state index in [1.54, 1.807) is 0 Å². The van der Waals surface area contributed by atoms with Crippen LogP contribution in [0.5, 0.6) is 0 Å². The summed E-state index contributed by atoms with van der Waals surface area (Å²) in [6, 6.07) is 9.84. The van der Waals surface area contributed by atoms with Gasteiger partial charge in [-0.05, 0) is 18.4 Å². The Bertz CT molecular complexity index is 372. The van der Waals surface area contributed by atoms with Gasteiger partial charge < -0.3 is 4.74 Å². The highest BCUT2D eigenvalue weighted by Crippen LogP contribution is 2.25. The van der Waals surface area contributed by atoms with Gasteiger partial charge >= 0.3 is 0 Å². The quantitative estimate of drug-likeness (QED) is 0.605. The number of hydrogen-bond acceptors (Lipinski definition) is 2. The molecule has 0 N–H and O–H groups in total. The molecule has 0 heterocycles. The van der Waals surface area contributed by atoms with E-state index >= 15 is 0 Å². The van der Waals surface area contributed by atoms with Gasteiger partial charge in [-0.25, -0.2) is 0 Å². The third kappa shape index (κ3) is 5.46. The molecule has 0 fully saturated rings. The molecule has 0 aliphatic rings. The molecule has 0 aliphatic heterocycles. The summed E-state index contributed by atoms with van der Waals surface area (Å²) in [5.74, 6) is 0.718. The Labute approximate surface area is 123 Å². The van der Waals surface area contributed by atoms with Gasteiger partial charge in [0.05, 0.1) is 0 Å². The standard InChI is InChI=1S/C18H28O2/c1-4-7-11-15(5-2)14-17(19)18(20-6-3)16-12-9-8-10-13-16/h8-10,12-13,15,18H,4-7,11,14H2,1-3H3. The van der Waals surface area contributed by atoms with E-state index in [-0.39, 0.29) is 5.78 Å². The molecule has 2 nitrogen and oxygen atoms in total. The predicted molar refractivity (Wildman–Crippen MR) is 83.7 cm³/mol. The zero-order valence-electron chi connectivity index (χ0n) is 13.1. The van der Waals surface area contributed by atoms with Crippen molar-refractivity contribution >= 4 is 5.78 Å². The Balaban J connectivity index is 2.69. The molecule has 0 saturated heterocycles. The molecule has 0 aliphatic carbocycles. The molecule has 0 saturated carbocycles. The Morgan fingerprint density at radius 1 is 1.15 bits per heavy atom. The number of benzene rings is 1. The number of unbranched alkanes of at least 4 members (excludes halogenated alkanes) is 1. The zero-order chi connectivity index (χ0) is 14.8. The van der Waals surface area contributed by atoms with Crippen molar-refractivity contribution in [1.29, 1.82) is 0 Å². The Kier molecular flexibility index (Phi) is 8.20. The monoisotopic (exact) mass is 276 g/mol. The number of ether oxygens (including phenoxy) is 1. The van der Waals surface area contributed by atoms with Crippen molar-refractivity contribution in [3.8, 4) is 0 Å². The molecule has 1 aromatic carbocycles. The lowest BCUT2D eigenvalue weighted by molar-refractivity contribution is -0.131. The maximum Gasteiger partial charge on any atom is 0.166 e. The number of Topliss-reactive ketones (excluding diaryl/α,β-unsaturated/α-hetero) is 1. The second-order valence-electron chi connectivity index (χ2n) is 5.33. The minimum absolute atomic E-state index is 0.223. The van der Waals surface area contributed by atoms with Gasteiger partial charge in [-0.2, -0.15) is 0 Å². The second-order valence-corrected chi connectivity index (χ2v) is 5.33. The van der Waals surface area contributed by atoms with Gasteiger partial charge in [0, 0.05) is 13.0 Å². The lowest BCUT2D eigenvalue weighted by Crippen LogP contribution is -2.19. The van der Waals surface area contributed by atoms with E-state index in [2.05, 4.69) is 13.8 Å². The van der Waals surface area contributed by atoms with Crippen LogP contribution in [0.1, 0.15) is 64.5 Å². The van der Waals surface area contributed by atoms with Crippen molar-refractivity contribution in [3.05, 3.63) is 35.9 Å². The number of rotatable bonds is 10. The smallest absolute Gasteiger partial charge is 0.166 e. The minimum Gasteiger partial charge on any atom is -0.366 e. The normalized spacial score (nSPS) is 13.9. The molecular weight excluding hydrogens is 248 g/mol. The Hall–Kier alpha value is -1.15. The van der Waals surface area contributed by atoms with Crippen molar-refractivity contribution in [1.82, 2.24) is 0 Å². The van der Waals surface area contributed by atoms with Crippen LogP contribution in [0.25, 0.3) is 0 Å². The first-order valence-corrected chi connectivity index (χ1v) is 7.92. The van der Waals surface area contributed by atoms with E-state index in [0.717, 1.165) is 18.4 Å². The van der Waals surface area contributed by atoms with Crippen molar-refractivity contribution in [2.24, 2.45) is 5.92 Å². The van der Waals surface area contributed by atoms with E-state index in [9.17, 15) is 4.79 Å². The van der Waals surface area contributed by atoms with Crippen molar-refractivity contribution in [2.75, 3.05) is 6.61 Å². The molecule has 20 heavy (non-hydrogen) atoms. The third-order valence-corrected chi connectivity index (χ3v) is 3.76. The van der Waals surface area contributed by atoms with Crippen LogP contribution in [0.4, 0.5) is 0 Å². The van der Waals surface area contributed by atoms with Crippen LogP contribution in [0.15, 0.2) is 30.3 Å². The van der Waals surface area contributed by atoms with Crippen LogP contribution in [0.3, 0.4) is 0 Å². The van der Waals surface area contributed by atoms with Gasteiger partial charge in [-0.15, -0.1) is 0 Å². The fourth-order valence-corrected chi connectivity index (χ4v) is 2.50. The van der Waals surface area contributed by atoms with Gasteiger partial charge in [0.15, 0.2) is 5.78 Å². The summed E-state index contributed by atoms with van der Waals surface area (Å²) in [4.78, 5) is 12.5. The molecule has 2 atom stereocenters. The van der Waals surface area contributed by atoms with Crippen molar-refractivity contribution < 1.29 is 9.53 Å². The maximum atomic E-state index is 12.5. The number of carbonyl (C=O) groups excluding carboxylic acids is 1. The summed E-state index contributed by atoms with van der Waals surface area (Å²) in [6.45, 7) is 6.88. The van der Waals surface area contributed by atoms with E-state index in [4.69, 9.17) is 4.74 Å². The van der Waals surface area contributed by atoms with Crippen LogP contribution in [-0.4, -0.2) is 12.4 Å². The first-order valence-electron chi connectivity index (χ1n) is 7.92. The number of hydrogen-bond donors (Lipinski definition) is 0. The van der Waals surface area contributed by atoms with Crippen LogP contribution in [0.2, 0.25) is 0 Å². The summed E-state index contributed by atoms with van der Waals surface area (Å²) < 4.78 is 5.69. The fraction of sp³-hybridized carbons (Fsp3) is 0.611. The number of carbonyl (C=O) groups is 1. The molecule has 0 aromatic heterocycles. The average molecular weight is 276 g/mol. The van der Waals surface area contributed by atoms with Gasteiger partial charge in [-0.3, -0.25) is 4.79 Å². The molecular formula is C18H28O2. The van der Waals surface area contributed by atoms with Crippen LogP contribution < -0.4 is 0 Å². The lowest BCUT2D eigenvalue weighted by Gasteiger charge is -2.20. The summed E-state index contributed by atoms with van der Waals surface area (Å²) in [7, 11) is 0. The minimum atomic E-state index is -0.392. The van der Waals surface area contributed by atoms with E-state index in [1.165, 1.54) is 12.8 Å². The zero-order valence-corrected chi connectivity index (χ0v) is 13.1. The van der Waals surface area contributed by atoms with E-state index < -0.39 is 6.10 Å². The summed E-state index contributed by atoms with van der Waals surface area (Å²) in [5, 5.41) is 0. The molecule has 2 unspecified atom stereocenters. The highest BCUT2D eigenvalue weighted by atomic mass is 16.5. The van der Waals surface area contributed by atoms with Gasteiger partial charge in [0.25, 0.3) is 0 Å². The highest BCUT2D eigenvalue weighted by Gasteiger charge is 2.23. The lowest BCUT2D eigenvalue weighted by atomic mass is 9.90. The summed E-state index contributed by atoms with van der Waals surface area (Å²) in [6.07, 6.45) is 4.85. The largest absolute Gasteiger partial charge is 0.366 e. The van der Waals surface area contributed by atoms with Gasteiger partial charge in [0.2, 0.25) is 0 Å². The summed E-state index contributed by atoms with van der Waals surface area (Å²) >= 11 is 0.